The van der Waals surface area contributed by atoms with Gasteiger partial charge in [0.1, 0.15) is 34.3 Å². The molecule has 0 spiro atoms. The number of aryl methyl sites for hydroxylation is 1. The van der Waals surface area contributed by atoms with E-state index < -0.39 is 17.8 Å². The molecule has 6 nitrogen and oxygen atoms in total. The van der Waals surface area contributed by atoms with Crippen LogP contribution in [0.5, 0.6) is 11.5 Å². The maximum atomic E-state index is 14.4. The predicted octanol–water partition coefficient (Wildman–Crippen LogP) is 4.95. The van der Waals surface area contributed by atoms with E-state index in [0.29, 0.717) is 11.5 Å². The molecule has 1 amide bonds. The number of ether oxygens (including phenoxy) is 2. The van der Waals surface area contributed by atoms with E-state index in [4.69, 9.17) is 25.6 Å². The Bertz CT molecular complexity index is 1030. The molecule has 3 rings (SSSR count). The van der Waals surface area contributed by atoms with Gasteiger partial charge in [-0.1, -0.05) is 22.8 Å². The van der Waals surface area contributed by atoms with Gasteiger partial charge in [-0.2, -0.15) is 0 Å². The van der Waals surface area contributed by atoms with Crippen LogP contribution in [-0.2, 0) is 0 Å². The van der Waals surface area contributed by atoms with Gasteiger partial charge in [-0.15, -0.1) is 0 Å². The van der Waals surface area contributed by atoms with Gasteiger partial charge in [-0.05, 0) is 44.2 Å². The summed E-state index contributed by atoms with van der Waals surface area (Å²) in [5.74, 6) is 0.402. The summed E-state index contributed by atoms with van der Waals surface area (Å²) in [5, 5.41) is 6.87. The normalized spacial score (nSPS) is 11.8. The van der Waals surface area contributed by atoms with Crippen LogP contribution in [0.4, 0.5) is 4.39 Å². The fourth-order valence-corrected chi connectivity index (χ4v) is 3.31. The molecule has 1 heterocycles. The highest BCUT2D eigenvalue weighted by atomic mass is 35.5. The highest BCUT2D eigenvalue weighted by Crippen LogP contribution is 2.34. The number of carbonyl (C=O) groups is 1. The summed E-state index contributed by atoms with van der Waals surface area (Å²) in [6, 6.07) is 9.10. The number of nitrogens with zero attached hydrogens (tertiary/aromatic N) is 1. The van der Waals surface area contributed by atoms with Crippen molar-refractivity contribution in [3.63, 3.8) is 0 Å². The van der Waals surface area contributed by atoms with Crippen LogP contribution in [-0.4, -0.2) is 25.3 Å². The van der Waals surface area contributed by atoms with Gasteiger partial charge in [0.25, 0.3) is 5.91 Å². The van der Waals surface area contributed by atoms with Crippen LogP contribution in [0.2, 0.25) is 5.02 Å². The molecule has 0 aliphatic rings. The van der Waals surface area contributed by atoms with E-state index in [1.165, 1.54) is 18.2 Å². The Balaban J connectivity index is 1.96. The van der Waals surface area contributed by atoms with Crippen molar-refractivity contribution >= 4 is 17.5 Å². The van der Waals surface area contributed by atoms with Crippen molar-refractivity contribution in [1.82, 2.24) is 10.5 Å². The van der Waals surface area contributed by atoms with Crippen molar-refractivity contribution in [2.24, 2.45) is 0 Å². The van der Waals surface area contributed by atoms with Gasteiger partial charge in [-0.25, -0.2) is 4.39 Å². The van der Waals surface area contributed by atoms with Gasteiger partial charge in [0.15, 0.2) is 0 Å². The number of hydrogen-bond acceptors (Lipinski definition) is 5. The number of nitrogens with one attached hydrogen (secondary N) is 1. The van der Waals surface area contributed by atoms with Crippen molar-refractivity contribution in [3.8, 4) is 22.8 Å². The van der Waals surface area contributed by atoms with Crippen molar-refractivity contribution in [2.75, 3.05) is 14.2 Å². The van der Waals surface area contributed by atoms with Gasteiger partial charge in [0.2, 0.25) is 0 Å². The van der Waals surface area contributed by atoms with E-state index in [0.717, 1.165) is 5.56 Å². The summed E-state index contributed by atoms with van der Waals surface area (Å²) in [6.07, 6.45) is 0. The fourth-order valence-electron chi connectivity index (χ4n) is 3.06. The van der Waals surface area contributed by atoms with E-state index in [1.54, 1.807) is 46.3 Å². The van der Waals surface area contributed by atoms with Crippen molar-refractivity contribution in [2.45, 2.75) is 19.9 Å². The SMILES string of the molecule is COc1ccc(OC)c([C@@H](C)NC(=O)c2c(-c3c(F)cccc3Cl)noc2C)c1. The van der Waals surface area contributed by atoms with Gasteiger partial charge in [-0.3, -0.25) is 4.79 Å². The number of hydrogen-bond donors (Lipinski definition) is 1. The monoisotopic (exact) mass is 418 g/mol. The van der Waals surface area contributed by atoms with E-state index in [1.807, 2.05) is 0 Å². The molecular weight excluding hydrogens is 399 g/mol. The third-order valence-corrected chi connectivity index (χ3v) is 4.86. The Hall–Kier alpha value is -3.06. The number of aromatic nitrogens is 1. The lowest BCUT2D eigenvalue weighted by Gasteiger charge is -2.18. The van der Waals surface area contributed by atoms with Crippen LogP contribution >= 0.6 is 11.6 Å². The first-order valence-corrected chi connectivity index (χ1v) is 9.18. The second kappa shape index (κ2) is 8.53. The fraction of sp³-hybridized carbons (Fsp3) is 0.238. The van der Waals surface area contributed by atoms with Crippen LogP contribution < -0.4 is 14.8 Å². The minimum absolute atomic E-state index is 0.0165. The maximum absolute atomic E-state index is 14.4. The number of carbonyl (C=O) groups excluding carboxylic acids is 1. The molecule has 0 unspecified atom stereocenters. The first-order valence-electron chi connectivity index (χ1n) is 8.80. The molecule has 0 fully saturated rings. The van der Waals surface area contributed by atoms with Crippen LogP contribution in [0.1, 0.15) is 34.6 Å². The molecular formula is C21H20ClFN2O4. The van der Waals surface area contributed by atoms with Crippen molar-refractivity contribution < 1.29 is 23.2 Å². The quantitative estimate of drug-likeness (QED) is 0.613. The van der Waals surface area contributed by atoms with E-state index in [9.17, 15) is 9.18 Å². The zero-order valence-corrected chi connectivity index (χ0v) is 17.1. The van der Waals surface area contributed by atoms with Gasteiger partial charge in [0.05, 0.1) is 30.8 Å². The molecule has 0 saturated heterocycles. The second-order valence-electron chi connectivity index (χ2n) is 6.36. The Kier molecular flexibility index (Phi) is 6.08. The molecule has 0 radical (unpaired) electrons. The predicted molar refractivity (Wildman–Crippen MR) is 107 cm³/mol. The molecule has 8 heteroatoms. The average Bonchev–Trinajstić information content (AvgIpc) is 3.08. The summed E-state index contributed by atoms with van der Waals surface area (Å²) < 4.78 is 30.2. The summed E-state index contributed by atoms with van der Waals surface area (Å²) in [6.45, 7) is 3.38. The zero-order chi connectivity index (χ0) is 21.1. The molecule has 1 aromatic heterocycles. The van der Waals surface area contributed by atoms with Crippen LogP contribution in [0.15, 0.2) is 40.9 Å². The molecule has 0 aliphatic carbocycles. The largest absolute Gasteiger partial charge is 0.497 e. The molecule has 152 valence electrons. The maximum Gasteiger partial charge on any atom is 0.257 e. The molecule has 29 heavy (non-hydrogen) atoms. The molecule has 2 aromatic carbocycles. The van der Waals surface area contributed by atoms with E-state index >= 15 is 0 Å². The van der Waals surface area contributed by atoms with E-state index in [2.05, 4.69) is 10.5 Å². The zero-order valence-electron chi connectivity index (χ0n) is 16.4. The number of halogens is 2. The second-order valence-corrected chi connectivity index (χ2v) is 6.77. The Morgan fingerprint density at radius 2 is 2.00 bits per heavy atom. The highest BCUT2D eigenvalue weighted by Gasteiger charge is 2.27. The number of amides is 1. The minimum atomic E-state index is -0.595. The molecule has 3 aromatic rings. The number of benzene rings is 2. The molecule has 1 atom stereocenters. The van der Waals surface area contributed by atoms with Crippen LogP contribution in [0.25, 0.3) is 11.3 Å². The van der Waals surface area contributed by atoms with Crippen LogP contribution in [0.3, 0.4) is 0 Å². The summed E-state index contributed by atoms with van der Waals surface area (Å²) in [7, 11) is 3.10. The summed E-state index contributed by atoms with van der Waals surface area (Å²) in [4.78, 5) is 13.0. The molecule has 0 saturated carbocycles. The third-order valence-electron chi connectivity index (χ3n) is 4.54. The lowest BCUT2D eigenvalue weighted by atomic mass is 10.0. The van der Waals surface area contributed by atoms with Gasteiger partial charge in [0, 0.05) is 5.56 Å². The topological polar surface area (TPSA) is 73.6 Å². The minimum Gasteiger partial charge on any atom is -0.497 e. The van der Waals surface area contributed by atoms with Crippen molar-refractivity contribution in [3.05, 3.63) is 64.1 Å². The Morgan fingerprint density at radius 1 is 1.24 bits per heavy atom. The van der Waals surface area contributed by atoms with Gasteiger partial charge < -0.3 is 19.3 Å². The molecule has 0 bridgehead atoms. The van der Waals surface area contributed by atoms with Crippen molar-refractivity contribution in [1.29, 1.82) is 0 Å². The Morgan fingerprint density at radius 3 is 2.66 bits per heavy atom. The van der Waals surface area contributed by atoms with Crippen LogP contribution in [0, 0.1) is 12.7 Å². The average molecular weight is 419 g/mol. The standard InChI is InChI=1S/C21H20ClFN2O4/c1-11(14-10-13(27-3)8-9-17(14)28-4)24-21(26)18-12(2)29-25-20(18)19-15(22)6-5-7-16(19)23/h5-11H,1-4H3,(H,24,26)/t11-/m1/s1. The summed E-state index contributed by atoms with van der Waals surface area (Å²) in [5.41, 5.74) is 0.904. The van der Waals surface area contributed by atoms with E-state index in [-0.39, 0.29) is 27.6 Å². The highest BCUT2D eigenvalue weighted by molar-refractivity contribution is 6.33. The van der Waals surface area contributed by atoms with Gasteiger partial charge >= 0.3 is 0 Å². The number of rotatable bonds is 6. The third kappa shape index (κ3) is 4.05. The smallest absolute Gasteiger partial charge is 0.257 e. The molecule has 1 N–H and O–H groups in total. The Labute approximate surface area is 172 Å². The first-order chi connectivity index (χ1) is 13.9. The lowest BCUT2D eigenvalue weighted by molar-refractivity contribution is 0.0938. The number of methoxy groups -OCH3 is 2. The molecule has 0 aliphatic heterocycles. The first kappa shape index (κ1) is 20.7. The summed E-state index contributed by atoms with van der Waals surface area (Å²) >= 11 is 6.14. The lowest BCUT2D eigenvalue weighted by Crippen LogP contribution is -2.27.